The van der Waals surface area contributed by atoms with Gasteiger partial charge in [-0.1, -0.05) is 0 Å². The van der Waals surface area contributed by atoms with Crippen molar-refractivity contribution in [2.75, 3.05) is 7.11 Å². The first-order valence-electron chi connectivity index (χ1n) is 4.80. The smallest absolute Gasteiger partial charge is 0.402 e. The third-order valence-corrected chi connectivity index (χ3v) is 3.11. The molecule has 96 valence electrons. The lowest BCUT2D eigenvalue weighted by Crippen LogP contribution is -2.22. The fraction of sp³-hybridized carbons (Fsp3) is 0.182. The zero-order chi connectivity index (χ0) is 13.3. The average Bonchev–Trinajstić information content (AvgIpc) is 2.68. The van der Waals surface area contributed by atoms with Crippen LogP contribution in [-0.4, -0.2) is 18.3 Å². The molecule has 0 fully saturated rings. The lowest BCUT2D eigenvalue weighted by atomic mass is 10.3. The van der Waals surface area contributed by atoms with E-state index in [-0.39, 0.29) is 5.01 Å². The zero-order valence-corrected chi connectivity index (χ0v) is 9.93. The van der Waals surface area contributed by atoms with Crippen LogP contribution in [0.3, 0.4) is 0 Å². The molecule has 0 aliphatic heterocycles. The van der Waals surface area contributed by atoms with Crippen LogP contribution < -0.4 is 9.84 Å². The number of hydrogen-bond acceptors (Lipinski definition) is 4. The SMILES string of the molecule is COc1ccc2nc(/C=C(\[O-])C(F)(F)F)sc2c1. The van der Waals surface area contributed by atoms with E-state index in [0.29, 0.717) is 22.0 Å². The van der Waals surface area contributed by atoms with Crippen molar-refractivity contribution in [1.82, 2.24) is 4.98 Å². The highest BCUT2D eigenvalue weighted by Gasteiger charge is 2.26. The highest BCUT2D eigenvalue weighted by atomic mass is 32.1. The van der Waals surface area contributed by atoms with Gasteiger partial charge in [-0.25, -0.2) is 4.98 Å². The number of benzene rings is 1. The van der Waals surface area contributed by atoms with Crippen molar-refractivity contribution in [2.24, 2.45) is 0 Å². The number of fused-ring (bicyclic) bond motifs is 1. The van der Waals surface area contributed by atoms with Gasteiger partial charge in [-0.2, -0.15) is 13.2 Å². The number of methoxy groups -OCH3 is 1. The van der Waals surface area contributed by atoms with Crippen molar-refractivity contribution in [3.8, 4) is 5.75 Å². The van der Waals surface area contributed by atoms with Crippen molar-refractivity contribution in [1.29, 1.82) is 0 Å². The molecular formula is C11H7F3NO2S-. The number of ether oxygens (including phenoxy) is 1. The molecule has 0 aliphatic rings. The van der Waals surface area contributed by atoms with Gasteiger partial charge >= 0.3 is 6.18 Å². The van der Waals surface area contributed by atoms with E-state index in [4.69, 9.17) is 4.74 Å². The van der Waals surface area contributed by atoms with Gasteiger partial charge in [-0.05, 0) is 30.0 Å². The van der Waals surface area contributed by atoms with Crippen LogP contribution in [0.25, 0.3) is 16.3 Å². The molecule has 0 saturated carbocycles. The van der Waals surface area contributed by atoms with E-state index in [1.54, 1.807) is 18.2 Å². The molecular weight excluding hydrogens is 267 g/mol. The number of allylic oxidation sites excluding steroid dienone is 1. The van der Waals surface area contributed by atoms with Crippen LogP contribution in [0, 0.1) is 0 Å². The van der Waals surface area contributed by atoms with Gasteiger partial charge in [0, 0.05) is 0 Å². The minimum absolute atomic E-state index is 0.0283. The molecule has 3 nitrogen and oxygen atoms in total. The highest BCUT2D eigenvalue weighted by molar-refractivity contribution is 7.19. The van der Waals surface area contributed by atoms with Gasteiger partial charge in [-0.15, -0.1) is 11.3 Å². The quantitative estimate of drug-likeness (QED) is 0.791. The third kappa shape index (κ3) is 2.56. The molecule has 1 aromatic carbocycles. The minimum Gasteiger partial charge on any atom is -0.869 e. The molecule has 0 saturated heterocycles. The summed E-state index contributed by atoms with van der Waals surface area (Å²) in [7, 11) is 1.49. The molecule has 18 heavy (non-hydrogen) atoms. The Morgan fingerprint density at radius 2 is 2.17 bits per heavy atom. The van der Waals surface area contributed by atoms with Crippen LogP contribution in [-0.2, 0) is 0 Å². The monoisotopic (exact) mass is 274 g/mol. The van der Waals surface area contributed by atoms with Gasteiger partial charge in [0.05, 0.1) is 17.3 Å². The molecule has 0 spiro atoms. The van der Waals surface area contributed by atoms with Gasteiger partial charge in [-0.3, -0.25) is 0 Å². The number of rotatable bonds is 2. The molecule has 0 aliphatic carbocycles. The molecule has 0 amide bonds. The Kier molecular flexibility index (Phi) is 3.16. The second-order valence-corrected chi connectivity index (χ2v) is 4.45. The van der Waals surface area contributed by atoms with E-state index >= 15 is 0 Å². The van der Waals surface area contributed by atoms with Crippen molar-refractivity contribution in [3.63, 3.8) is 0 Å². The van der Waals surface area contributed by atoms with Crippen LogP contribution >= 0.6 is 11.3 Å². The molecule has 7 heteroatoms. The van der Waals surface area contributed by atoms with E-state index in [9.17, 15) is 18.3 Å². The van der Waals surface area contributed by atoms with E-state index in [0.717, 1.165) is 11.3 Å². The number of nitrogens with zero attached hydrogens (tertiary/aromatic N) is 1. The van der Waals surface area contributed by atoms with Gasteiger partial charge in [0.25, 0.3) is 0 Å². The minimum atomic E-state index is -4.87. The Balaban J connectivity index is 2.42. The van der Waals surface area contributed by atoms with E-state index in [1.807, 2.05) is 0 Å². The molecule has 1 heterocycles. The lowest BCUT2D eigenvalue weighted by Gasteiger charge is -2.14. The van der Waals surface area contributed by atoms with E-state index in [2.05, 4.69) is 4.98 Å². The summed E-state index contributed by atoms with van der Waals surface area (Å²) in [6, 6.07) is 4.93. The first-order valence-corrected chi connectivity index (χ1v) is 5.62. The third-order valence-electron chi connectivity index (χ3n) is 2.15. The van der Waals surface area contributed by atoms with E-state index in [1.165, 1.54) is 7.11 Å². The molecule has 2 rings (SSSR count). The Labute approximate surface area is 104 Å². The zero-order valence-electron chi connectivity index (χ0n) is 9.12. The number of thiazole rings is 1. The van der Waals surface area contributed by atoms with Gasteiger partial charge in [0.1, 0.15) is 10.8 Å². The summed E-state index contributed by atoms with van der Waals surface area (Å²) >= 11 is 1.00. The number of aromatic nitrogens is 1. The fourth-order valence-electron chi connectivity index (χ4n) is 1.31. The van der Waals surface area contributed by atoms with E-state index < -0.39 is 11.9 Å². The maximum absolute atomic E-state index is 12.1. The molecule has 0 unspecified atom stereocenters. The summed E-state index contributed by atoms with van der Waals surface area (Å²) in [4.78, 5) is 3.93. The normalized spacial score (nSPS) is 13.0. The molecule has 0 radical (unpaired) electrons. The fourth-order valence-corrected chi connectivity index (χ4v) is 2.23. The first kappa shape index (κ1) is 12.7. The van der Waals surface area contributed by atoms with Gasteiger partial charge < -0.3 is 9.84 Å². The second kappa shape index (κ2) is 4.49. The summed E-state index contributed by atoms with van der Waals surface area (Å²) < 4.78 is 41.9. The molecule has 0 N–H and O–H groups in total. The molecule has 2 aromatic rings. The number of alkyl halides is 3. The van der Waals surface area contributed by atoms with Crippen LogP contribution in [0.4, 0.5) is 13.2 Å². The predicted octanol–water partition coefficient (Wildman–Crippen LogP) is 2.57. The molecule has 0 atom stereocenters. The first-order chi connectivity index (χ1) is 8.40. The average molecular weight is 274 g/mol. The van der Waals surface area contributed by atoms with Crippen molar-refractivity contribution < 1.29 is 23.0 Å². The van der Waals surface area contributed by atoms with Crippen LogP contribution in [0.1, 0.15) is 5.01 Å². The second-order valence-electron chi connectivity index (χ2n) is 3.39. The maximum atomic E-state index is 12.1. The summed E-state index contributed by atoms with van der Waals surface area (Å²) in [5, 5.41) is 10.8. The topological polar surface area (TPSA) is 45.2 Å². The molecule has 1 aromatic heterocycles. The number of hydrogen-bond donors (Lipinski definition) is 0. The standard InChI is InChI=1S/C11H8F3NO2S/c1-17-6-2-3-7-8(4-6)18-10(15-7)5-9(16)11(12,13)14/h2-5,16H,1H3/p-1/b9-5-. The Morgan fingerprint density at radius 3 is 2.78 bits per heavy atom. The highest BCUT2D eigenvalue weighted by Crippen LogP contribution is 2.29. The Morgan fingerprint density at radius 1 is 1.44 bits per heavy atom. The predicted molar refractivity (Wildman–Crippen MR) is 60.2 cm³/mol. The van der Waals surface area contributed by atoms with Crippen LogP contribution in [0.15, 0.2) is 24.0 Å². The van der Waals surface area contributed by atoms with Gasteiger partial charge in [0.2, 0.25) is 0 Å². The largest absolute Gasteiger partial charge is 0.869 e. The van der Waals surface area contributed by atoms with Gasteiger partial charge in [0.15, 0.2) is 0 Å². The van der Waals surface area contributed by atoms with Crippen LogP contribution in [0.2, 0.25) is 0 Å². The van der Waals surface area contributed by atoms with Crippen LogP contribution in [0.5, 0.6) is 5.75 Å². The lowest BCUT2D eigenvalue weighted by molar-refractivity contribution is -0.357. The Bertz CT molecular complexity index is 604. The van der Waals surface area contributed by atoms with Crippen molar-refractivity contribution >= 4 is 27.6 Å². The number of halogens is 3. The Hall–Kier alpha value is -1.76. The van der Waals surface area contributed by atoms with Crippen molar-refractivity contribution in [3.05, 3.63) is 29.0 Å². The maximum Gasteiger partial charge on any atom is 0.402 e. The summed E-state index contributed by atoms with van der Waals surface area (Å²) in [5.74, 6) is -1.33. The molecule has 0 bridgehead atoms. The summed E-state index contributed by atoms with van der Waals surface area (Å²) in [6.45, 7) is 0. The van der Waals surface area contributed by atoms with Crippen molar-refractivity contribution in [2.45, 2.75) is 6.18 Å². The summed E-state index contributed by atoms with van der Waals surface area (Å²) in [5.41, 5.74) is 0.530. The summed E-state index contributed by atoms with van der Waals surface area (Å²) in [6.07, 6.45) is -4.37.